The summed E-state index contributed by atoms with van der Waals surface area (Å²) in [4.78, 5) is 24.3. The normalized spacial score (nSPS) is 26.3. The van der Waals surface area contributed by atoms with Crippen molar-refractivity contribution < 1.29 is 14.7 Å². The van der Waals surface area contributed by atoms with Gasteiger partial charge in [-0.1, -0.05) is 18.2 Å². The summed E-state index contributed by atoms with van der Waals surface area (Å²) in [5, 5.41) is 14.9. The molecule has 0 aromatic heterocycles. The molecule has 124 valence electrons. The summed E-state index contributed by atoms with van der Waals surface area (Å²) in [5.41, 5.74) is 1.32. The van der Waals surface area contributed by atoms with Gasteiger partial charge in [0.15, 0.2) is 0 Å². The Balaban J connectivity index is 1.42. The van der Waals surface area contributed by atoms with Crippen LogP contribution in [0, 0.1) is 5.92 Å². The van der Waals surface area contributed by atoms with Crippen LogP contribution in [-0.4, -0.2) is 35.4 Å². The van der Waals surface area contributed by atoms with E-state index in [0.29, 0.717) is 25.3 Å². The molecule has 0 spiro atoms. The molecule has 3 rings (SSSR count). The number of carboxylic acids is 1. The van der Waals surface area contributed by atoms with Gasteiger partial charge in [0, 0.05) is 29.2 Å². The van der Waals surface area contributed by atoms with Crippen molar-refractivity contribution in [2.45, 2.75) is 42.5 Å². The van der Waals surface area contributed by atoms with Gasteiger partial charge in [0.1, 0.15) is 0 Å². The molecule has 5 nitrogen and oxygen atoms in total. The van der Waals surface area contributed by atoms with Crippen LogP contribution < -0.4 is 10.6 Å². The van der Waals surface area contributed by atoms with Crippen LogP contribution in [0.15, 0.2) is 29.2 Å². The Labute approximate surface area is 140 Å². The van der Waals surface area contributed by atoms with Gasteiger partial charge in [0.2, 0.25) is 0 Å². The summed E-state index contributed by atoms with van der Waals surface area (Å²) < 4.78 is 0. The summed E-state index contributed by atoms with van der Waals surface area (Å²) in [6.45, 7) is 0.639. The Morgan fingerprint density at radius 2 is 1.91 bits per heavy atom. The summed E-state index contributed by atoms with van der Waals surface area (Å²) in [6.07, 6.45) is 2.78. The summed E-state index contributed by atoms with van der Waals surface area (Å²) >= 11 is 1.84. The number of fused-ring (bicyclic) bond motifs is 1. The molecular weight excluding hydrogens is 312 g/mol. The maximum atomic E-state index is 12.1. The van der Waals surface area contributed by atoms with E-state index in [2.05, 4.69) is 22.8 Å². The summed E-state index contributed by atoms with van der Waals surface area (Å²) in [7, 11) is 0. The first-order valence-electron chi connectivity index (χ1n) is 8.12. The molecule has 1 aliphatic heterocycles. The second-order valence-corrected chi connectivity index (χ2v) is 7.35. The van der Waals surface area contributed by atoms with Gasteiger partial charge in [0.25, 0.3) is 0 Å². The Morgan fingerprint density at radius 1 is 1.17 bits per heavy atom. The molecule has 1 aliphatic carbocycles. The molecule has 0 saturated heterocycles. The van der Waals surface area contributed by atoms with Gasteiger partial charge in [-0.2, -0.15) is 0 Å². The van der Waals surface area contributed by atoms with Gasteiger partial charge in [-0.3, -0.25) is 4.79 Å². The number of hydrogen-bond acceptors (Lipinski definition) is 3. The van der Waals surface area contributed by atoms with Gasteiger partial charge in [-0.15, -0.1) is 11.8 Å². The van der Waals surface area contributed by atoms with Crippen molar-refractivity contribution in [2.24, 2.45) is 5.92 Å². The van der Waals surface area contributed by atoms with E-state index in [1.165, 1.54) is 10.5 Å². The first-order valence-corrected chi connectivity index (χ1v) is 9.11. The minimum atomic E-state index is -0.717. The first kappa shape index (κ1) is 16.2. The van der Waals surface area contributed by atoms with Gasteiger partial charge in [0.05, 0.1) is 5.92 Å². The number of amides is 2. The second-order valence-electron chi connectivity index (χ2n) is 6.29. The minimum absolute atomic E-state index is 0.0934. The lowest BCUT2D eigenvalue weighted by Gasteiger charge is -2.27. The van der Waals surface area contributed by atoms with Crippen LogP contribution in [0.5, 0.6) is 0 Å². The van der Waals surface area contributed by atoms with Crippen LogP contribution in [0.2, 0.25) is 0 Å². The minimum Gasteiger partial charge on any atom is -0.481 e. The Hall–Kier alpha value is -1.69. The van der Waals surface area contributed by atoms with Crippen LogP contribution in [0.3, 0.4) is 0 Å². The number of urea groups is 1. The lowest BCUT2D eigenvalue weighted by Crippen LogP contribution is -2.45. The van der Waals surface area contributed by atoms with E-state index >= 15 is 0 Å². The van der Waals surface area contributed by atoms with E-state index < -0.39 is 5.97 Å². The number of rotatable bonds is 4. The fraction of sp³-hybridized carbons (Fsp3) is 0.529. The third kappa shape index (κ3) is 3.99. The number of carbonyl (C=O) groups is 2. The number of carbonyl (C=O) groups excluding carboxylic acids is 1. The molecule has 2 aliphatic rings. The van der Waals surface area contributed by atoms with Crippen molar-refractivity contribution in [1.29, 1.82) is 0 Å². The smallest absolute Gasteiger partial charge is 0.315 e. The maximum absolute atomic E-state index is 12.1. The fourth-order valence-corrected chi connectivity index (χ4v) is 4.59. The highest BCUT2D eigenvalue weighted by molar-refractivity contribution is 7.99. The predicted molar refractivity (Wildman–Crippen MR) is 89.8 cm³/mol. The molecule has 23 heavy (non-hydrogen) atoms. The topological polar surface area (TPSA) is 78.4 Å². The van der Waals surface area contributed by atoms with Crippen molar-refractivity contribution in [2.75, 3.05) is 12.3 Å². The zero-order valence-electron chi connectivity index (χ0n) is 13.0. The molecule has 1 aromatic rings. The first-order chi connectivity index (χ1) is 11.1. The third-order valence-corrected chi connectivity index (χ3v) is 5.97. The highest BCUT2D eigenvalue weighted by Gasteiger charge is 2.27. The van der Waals surface area contributed by atoms with Crippen LogP contribution in [0.1, 0.15) is 37.2 Å². The lowest BCUT2D eigenvalue weighted by atomic mass is 9.86. The number of hydrogen-bond donors (Lipinski definition) is 3. The third-order valence-electron chi connectivity index (χ3n) is 4.72. The van der Waals surface area contributed by atoms with Crippen molar-refractivity contribution in [3.63, 3.8) is 0 Å². The van der Waals surface area contributed by atoms with Gasteiger partial charge in [-0.25, -0.2) is 4.79 Å². The Bertz CT molecular complexity index is 585. The number of nitrogens with one attached hydrogen (secondary N) is 2. The van der Waals surface area contributed by atoms with E-state index in [4.69, 9.17) is 5.11 Å². The molecule has 3 N–H and O–H groups in total. The maximum Gasteiger partial charge on any atom is 0.315 e. The molecular formula is C17H22N2O3S. The molecule has 1 heterocycles. The predicted octanol–water partition coefficient (Wildman–Crippen LogP) is 2.82. The van der Waals surface area contributed by atoms with Crippen LogP contribution in [-0.2, 0) is 4.79 Å². The lowest BCUT2D eigenvalue weighted by molar-refractivity contribution is -0.142. The highest BCUT2D eigenvalue weighted by Crippen LogP contribution is 2.38. The standard InChI is InChI=1S/C17H22N2O3S/c20-16(21)11-5-7-13(8-6-11)19-17(22)18-9-12-10-23-15-4-2-1-3-14(12)15/h1-4,11-13H,5-10H2,(H,20,21)(H2,18,19,22). The molecule has 1 aromatic carbocycles. The molecule has 1 atom stereocenters. The molecule has 1 unspecified atom stereocenters. The van der Waals surface area contributed by atoms with Crippen molar-refractivity contribution in [3.8, 4) is 0 Å². The number of carboxylic acid groups (broad SMARTS) is 1. The summed E-state index contributed by atoms with van der Waals surface area (Å²) in [5.74, 6) is 0.404. The molecule has 1 fully saturated rings. The monoisotopic (exact) mass is 334 g/mol. The van der Waals surface area contributed by atoms with Gasteiger partial charge in [-0.05, 0) is 37.3 Å². The van der Waals surface area contributed by atoms with Crippen LogP contribution in [0.4, 0.5) is 4.79 Å². The van der Waals surface area contributed by atoms with Crippen molar-refractivity contribution in [3.05, 3.63) is 29.8 Å². The largest absolute Gasteiger partial charge is 0.481 e. The van der Waals surface area contributed by atoms with E-state index in [1.807, 2.05) is 23.9 Å². The molecule has 2 amide bonds. The van der Waals surface area contributed by atoms with E-state index in [-0.39, 0.29) is 18.0 Å². The van der Waals surface area contributed by atoms with Gasteiger partial charge >= 0.3 is 12.0 Å². The molecule has 1 saturated carbocycles. The quantitative estimate of drug-likeness (QED) is 0.791. The van der Waals surface area contributed by atoms with Crippen molar-refractivity contribution >= 4 is 23.8 Å². The zero-order chi connectivity index (χ0) is 16.2. The van der Waals surface area contributed by atoms with E-state index in [1.54, 1.807) is 0 Å². The summed E-state index contributed by atoms with van der Waals surface area (Å²) in [6, 6.07) is 8.29. The van der Waals surface area contributed by atoms with Gasteiger partial charge < -0.3 is 15.7 Å². The highest BCUT2D eigenvalue weighted by atomic mass is 32.2. The zero-order valence-corrected chi connectivity index (χ0v) is 13.8. The second kappa shape index (κ2) is 7.25. The number of benzene rings is 1. The molecule has 0 bridgehead atoms. The Morgan fingerprint density at radius 3 is 2.65 bits per heavy atom. The van der Waals surface area contributed by atoms with E-state index in [0.717, 1.165) is 18.6 Å². The number of aliphatic carboxylic acids is 1. The molecule has 6 heteroatoms. The SMILES string of the molecule is O=C(NCC1CSc2ccccc21)NC1CCC(C(=O)O)CC1. The molecule has 0 radical (unpaired) electrons. The van der Waals surface area contributed by atoms with Crippen LogP contribution >= 0.6 is 11.8 Å². The average Bonchev–Trinajstić information content (AvgIpc) is 2.97. The van der Waals surface area contributed by atoms with Crippen molar-refractivity contribution in [1.82, 2.24) is 10.6 Å². The number of thioether (sulfide) groups is 1. The fourth-order valence-electron chi connectivity index (χ4n) is 3.34. The van der Waals surface area contributed by atoms with E-state index in [9.17, 15) is 9.59 Å². The Kier molecular flexibility index (Phi) is 5.10. The average molecular weight is 334 g/mol. The van der Waals surface area contributed by atoms with Crippen LogP contribution in [0.25, 0.3) is 0 Å².